The molecule has 0 unspecified atom stereocenters. The summed E-state index contributed by atoms with van der Waals surface area (Å²) in [5, 5.41) is 2.10. The molecule has 0 radical (unpaired) electrons. The van der Waals surface area contributed by atoms with Gasteiger partial charge in [-0.1, -0.05) is 6.07 Å². The van der Waals surface area contributed by atoms with Crippen molar-refractivity contribution in [1.82, 2.24) is 0 Å². The monoisotopic (exact) mass is 222 g/mol. The number of alkyl halides is 2. The number of hydrogen-bond acceptors (Lipinski definition) is 1. The van der Waals surface area contributed by atoms with Crippen LogP contribution in [0.25, 0.3) is 0 Å². The molecule has 68 valence electrons. The maximum atomic E-state index is 5.73. The first-order valence-corrected chi connectivity index (χ1v) is 5.96. The molecule has 0 bridgehead atoms. The van der Waals surface area contributed by atoms with Gasteiger partial charge in [0.2, 0.25) is 0 Å². The molecule has 0 saturated carbocycles. The minimum absolute atomic E-state index is 0.468. The van der Waals surface area contributed by atoms with E-state index in [0.29, 0.717) is 17.7 Å². The highest BCUT2D eigenvalue weighted by molar-refractivity contribution is 7.09. The lowest BCUT2D eigenvalue weighted by atomic mass is 10.1. The Morgan fingerprint density at radius 1 is 1.33 bits per heavy atom. The number of halogens is 2. The molecular weight excluding hydrogens is 211 g/mol. The molecule has 0 aliphatic carbocycles. The number of thiophene rings is 1. The van der Waals surface area contributed by atoms with Gasteiger partial charge in [0.05, 0.1) is 0 Å². The summed E-state index contributed by atoms with van der Waals surface area (Å²) >= 11 is 13.3. The molecule has 0 spiro atoms. The topological polar surface area (TPSA) is 0 Å². The van der Waals surface area contributed by atoms with Gasteiger partial charge in [0.25, 0.3) is 0 Å². The zero-order valence-corrected chi connectivity index (χ0v) is 9.13. The van der Waals surface area contributed by atoms with Crippen LogP contribution in [0.2, 0.25) is 0 Å². The third-order valence-electron chi connectivity index (χ3n) is 1.82. The molecule has 0 aromatic carbocycles. The molecule has 0 aliphatic heterocycles. The molecule has 0 nitrogen and oxygen atoms in total. The van der Waals surface area contributed by atoms with Crippen molar-refractivity contribution in [2.75, 3.05) is 11.8 Å². The highest BCUT2D eigenvalue weighted by atomic mass is 35.5. The van der Waals surface area contributed by atoms with Crippen molar-refractivity contribution in [3.8, 4) is 0 Å². The van der Waals surface area contributed by atoms with Crippen molar-refractivity contribution in [2.24, 2.45) is 5.92 Å². The van der Waals surface area contributed by atoms with Crippen molar-refractivity contribution in [1.29, 1.82) is 0 Å². The summed E-state index contributed by atoms with van der Waals surface area (Å²) in [4.78, 5) is 1.43. The first kappa shape index (κ1) is 10.4. The van der Waals surface area contributed by atoms with E-state index >= 15 is 0 Å². The van der Waals surface area contributed by atoms with Gasteiger partial charge in [0, 0.05) is 16.6 Å². The van der Waals surface area contributed by atoms with Crippen LogP contribution < -0.4 is 0 Å². The molecule has 12 heavy (non-hydrogen) atoms. The van der Waals surface area contributed by atoms with Crippen LogP contribution in [0.5, 0.6) is 0 Å². The van der Waals surface area contributed by atoms with Crippen LogP contribution in [0.1, 0.15) is 11.3 Å². The van der Waals surface area contributed by atoms with E-state index in [1.807, 2.05) is 0 Å². The molecule has 0 aliphatic rings. The van der Waals surface area contributed by atoms with Gasteiger partial charge in [0.1, 0.15) is 0 Å². The van der Waals surface area contributed by atoms with Crippen molar-refractivity contribution in [3.63, 3.8) is 0 Å². The molecular formula is C9H12Cl2S. The summed E-state index contributed by atoms with van der Waals surface area (Å²) in [7, 11) is 0. The maximum Gasteiger partial charge on any atom is 0.0263 e. The van der Waals surface area contributed by atoms with Gasteiger partial charge in [0.15, 0.2) is 0 Å². The van der Waals surface area contributed by atoms with Crippen LogP contribution in [-0.4, -0.2) is 11.8 Å². The lowest BCUT2D eigenvalue weighted by Gasteiger charge is -2.07. The van der Waals surface area contributed by atoms with Gasteiger partial charge in [-0.3, -0.25) is 0 Å². The first-order chi connectivity index (χ1) is 5.86. The molecule has 0 saturated heterocycles. The van der Waals surface area contributed by atoms with Crippen LogP contribution in [-0.2, 0) is 6.42 Å². The van der Waals surface area contributed by atoms with Gasteiger partial charge < -0.3 is 0 Å². The van der Waals surface area contributed by atoms with Gasteiger partial charge >= 0.3 is 0 Å². The third-order valence-corrected chi connectivity index (χ3v) is 3.62. The Balaban J connectivity index is 2.25. The first-order valence-electron chi connectivity index (χ1n) is 4.01. The average Bonchev–Trinajstić information content (AvgIpc) is 2.59. The van der Waals surface area contributed by atoms with Crippen molar-refractivity contribution in [3.05, 3.63) is 22.4 Å². The van der Waals surface area contributed by atoms with Crippen LogP contribution >= 0.6 is 34.5 Å². The molecule has 3 heteroatoms. The molecule has 0 fully saturated rings. The van der Waals surface area contributed by atoms with Crippen molar-refractivity contribution < 1.29 is 0 Å². The van der Waals surface area contributed by atoms with Gasteiger partial charge in [-0.2, -0.15) is 0 Å². The quantitative estimate of drug-likeness (QED) is 0.666. The second-order valence-electron chi connectivity index (χ2n) is 2.79. The lowest BCUT2D eigenvalue weighted by Crippen LogP contribution is -2.04. The van der Waals surface area contributed by atoms with E-state index < -0.39 is 0 Å². The predicted octanol–water partition coefficient (Wildman–Crippen LogP) is 3.77. The maximum absolute atomic E-state index is 5.73. The van der Waals surface area contributed by atoms with Crippen molar-refractivity contribution >= 4 is 34.5 Å². The molecule has 0 amide bonds. The Labute approximate surface area is 87.5 Å². The molecule has 1 aromatic rings. The number of rotatable bonds is 5. The lowest BCUT2D eigenvalue weighted by molar-refractivity contribution is 0.602. The fraction of sp³-hybridized carbons (Fsp3) is 0.556. The zero-order valence-electron chi connectivity index (χ0n) is 6.80. The fourth-order valence-corrected chi connectivity index (χ4v) is 2.36. The van der Waals surface area contributed by atoms with Crippen LogP contribution in [0.4, 0.5) is 0 Å². The largest absolute Gasteiger partial charge is 0.149 e. The third kappa shape index (κ3) is 3.34. The van der Waals surface area contributed by atoms with Crippen LogP contribution in [0, 0.1) is 5.92 Å². The summed E-state index contributed by atoms with van der Waals surface area (Å²) in [6.07, 6.45) is 2.22. The number of aryl methyl sites for hydroxylation is 1. The Bertz CT molecular complexity index is 192. The van der Waals surface area contributed by atoms with E-state index in [9.17, 15) is 0 Å². The predicted molar refractivity (Wildman–Crippen MR) is 57.6 cm³/mol. The van der Waals surface area contributed by atoms with E-state index in [1.165, 1.54) is 4.88 Å². The number of hydrogen-bond donors (Lipinski definition) is 0. The Morgan fingerprint density at radius 3 is 2.58 bits per heavy atom. The molecule has 1 rings (SSSR count). The molecule has 1 heterocycles. The smallest absolute Gasteiger partial charge is 0.0263 e. The Kier molecular flexibility index (Phi) is 5.05. The summed E-state index contributed by atoms with van der Waals surface area (Å²) < 4.78 is 0. The second kappa shape index (κ2) is 5.85. The average molecular weight is 223 g/mol. The highest BCUT2D eigenvalue weighted by Gasteiger charge is 2.05. The second-order valence-corrected chi connectivity index (χ2v) is 4.44. The van der Waals surface area contributed by atoms with Crippen LogP contribution in [0.3, 0.4) is 0 Å². The van der Waals surface area contributed by atoms with Gasteiger partial charge in [-0.25, -0.2) is 0 Å². The zero-order chi connectivity index (χ0) is 8.81. The van der Waals surface area contributed by atoms with E-state index in [2.05, 4.69) is 17.5 Å². The Hall–Kier alpha value is 0.280. The SMILES string of the molecule is ClCC(CCl)CCc1cccs1. The summed E-state index contributed by atoms with van der Waals surface area (Å²) in [6.45, 7) is 0. The molecule has 1 aromatic heterocycles. The minimum Gasteiger partial charge on any atom is -0.149 e. The molecule has 0 N–H and O–H groups in total. The molecule has 0 atom stereocenters. The van der Waals surface area contributed by atoms with E-state index in [4.69, 9.17) is 23.2 Å². The highest BCUT2D eigenvalue weighted by Crippen LogP contribution is 2.16. The van der Waals surface area contributed by atoms with Gasteiger partial charge in [-0.15, -0.1) is 34.5 Å². The van der Waals surface area contributed by atoms with E-state index in [0.717, 1.165) is 12.8 Å². The van der Waals surface area contributed by atoms with Crippen LogP contribution in [0.15, 0.2) is 17.5 Å². The van der Waals surface area contributed by atoms with Crippen molar-refractivity contribution in [2.45, 2.75) is 12.8 Å². The van der Waals surface area contributed by atoms with E-state index in [-0.39, 0.29) is 0 Å². The Morgan fingerprint density at radius 2 is 2.08 bits per heavy atom. The fourth-order valence-electron chi connectivity index (χ4n) is 0.997. The van der Waals surface area contributed by atoms with Gasteiger partial charge in [-0.05, 0) is 30.2 Å². The standard InChI is InChI=1S/C9H12Cl2S/c10-6-8(7-11)3-4-9-2-1-5-12-9/h1-2,5,8H,3-4,6-7H2. The normalized spacial score (nSPS) is 10.9. The summed E-state index contributed by atoms with van der Waals surface area (Å²) in [6, 6.07) is 4.24. The minimum atomic E-state index is 0.468. The summed E-state index contributed by atoms with van der Waals surface area (Å²) in [5.74, 6) is 1.82. The van der Waals surface area contributed by atoms with E-state index in [1.54, 1.807) is 11.3 Å². The summed E-state index contributed by atoms with van der Waals surface area (Å²) in [5.41, 5.74) is 0.